The van der Waals surface area contributed by atoms with E-state index >= 15 is 0 Å². The summed E-state index contributed by atoms with van der Waals surface area (Å²) >= 11 is 11.0. The first-order chi connectivity index (χ1) is 7.18. The second kappa shape index (κ2) is 4.29. The zero-order chi connectivity index (χ0) is 10.8. The standard InChI is InChI=1S/C10H8Cl2O3/c11-10(12)9(13)6-1-2-7-8(5-6)15-4-3-14-7/h1-2,5,10H,3-4H2. The Morgan fingerprint density at radius 2 is 1.87 bits per heavy atom. The SMILES string of the molecule is O=C(c1ccc2c(c1)OCCO2)C(Cl)Cl. The van der Waals surface area contributed by atoms with Crippen LogP contribution in [0.3, 0.4) is 0 Å². The average Bonchev–Trinajstić information content (AvgIpc) is 2.27. The summed E-state index contributed by atoms with van der Waals surface area (Å²) in [5.41, 5.74) is 0.425. The zero-order valence-corrected chi connectivity index (χ0v) is 9.22. The lowest BCUT2D eigenvalue weighted by atomic mass is 10.1. The molecular weight excluding hydrogens is 239 g/mol. The first-order valence-electron chi connectivity index (χ1n) is 4.40. The highest BCUT2D eigenvalue weighted by atomic mass is 35.5. The van der Waals surface area contributed by atoms with Gasteiger partial charge >= 0.3 is 0 Å². The van der Waals surface area contributed by atoms with Gasteiger partial charge in [-0.1, -0.05) is 23.2 Å². The zero-order valence-electron chi connectivity index (χ0n) is 7.70. The number of rotatable bonds is 2. The van der Waals surface area contributed by atoms with Crippen LogP contribution >= 0.6 is 23.2 Å². The molecule has 0 aromatic heterocycles. The summed E-state index contributed by atoms with van der Waals surface area (Å²) < 4.78 is 10.6. The number of benzene rings is 1. The maximum atomic E-state index is 11.5. The number of ether oxygens (including phenoxy) is 2. The van der Waals surface area contributed by atoms with Crippen LogP contribution < -0.4 is 9.47 Å². The van der Waals surface area contributed by atoms with Crippen LogP contribution in [0.5, 0.6) is 11.5 Å². The third kappa shape index (κ3) is 2.19. The van der Waals surface area contributed by atoms with Crippen molar-refractivity contribution in [2.45, 2.75) is 4.84 Å². The summed E-state index contributed by atoms with van der Waals surface area (Å²) in [5.74, 6) is 0.856. The Labute approximate surface area is 96.9 Å². The molecule has 2 rings (SSSR count). The summed E-state index contributed by atoms with van der Waals surface area (Å²) in [4.78, 5) is 10.4. The minimum atomic E-state index is -1.05. The molecular formula is C10H8Cl2O3. The van der Waals surface area contributed by atoms with Gasteiger partial charge in [-0.05, 0) is 18.2 Å². The lowest BCUT2D eigenvalue weighted by Crippen LogP contribution is -2.16. The lowest BCUT2D eigenvalue weighted by Gasteiger charge is -2.18. The number of Topliss-reactive ketones (excluding diaryl/α,β-unsaturated/α-hetero) is 1. The van der Waals surface area contributed by atoms with E-state index in [4.69, 9.17) is 32.7 Å². The first-order valence-corrected chi connectivity index (χ1v) is 5.28. The molecule has 0 N–H and O–H groups in total. The van der Waals surface area contributed by atoms with E-state index in [1.807, 2.05) is 0 Å². The Morgan fingerprint density at radius 1 is 1.20 bits per heavy atom. The highest BCUT2D eigenvalue weighted by Crippen LogP contribution is 2.31. The van der Waals surface area contributed by atoms with Crippen LogP contribution in [0.4, 0.5) is 0 Å². The number of halogens is 2. The topological polar surface area (TPSA) is 35.5 Å². The molecule has 1 aromatic carbocycles. The number of fused-ring (bicyclic) bond motifs is 1. The van der Waals surface area contributed by atoms with E-state index in [9.17, 15) is 4.79 Å². The first kappa shape index (κ1) is 10.6. The van der Waals surface area contributed by atoms with Gasteiger partial charge in [0.15, 0.2) is 22.1 Å². The molecule has 5 heteroatoms. The minimum absolute atomic E-state index is 0.338. The van der Waals surface area contributed by atoms with E-state index < -0.39 is 4.84 Å². The number of alkyl halides is 2. The fourth-order valence-corrected chi connectivity index (χ4v) is 1.57. The Balaban J connectivity index is 2.32. The summed E-state index contributed by atoms with van der Waals surface area (Å²) in [5, 5.41) is 0. The molecule has 1 heterocycles. The van der Waals surface area contributed by atoms with Crippen LogP contribution in [0.15, 0.2) is 18.2 Å². The van der Waals surface area contributed by atoms with Gasteiger partial charge in [0.05, 0.1) is 0 Å². The van der Waals surface area contributed by atoms with Crippen molar-refractivity contribution < 1.29 is 14.3 Å². The predicted octanol–water partition coefficient (Wildman–Crippen LogP) is 2.44. The molecule has 0 amide bonds. The molecule has 0 fully saturated rings. The van der Waals surface area contributed by atoms with Gasteiger partial charge in [-0.3, -0.25) is 4.79 Å². The van der Waals surface area contributed by atoms with Gasteiger partial charge < -0.3 is 9.47 Å². The Kier molecular flexibility index (Phi) is 3.03. The van der Waals surface area contributed by atoms with E-state index in [0.717, 1.165) is 0 Å². The summed E-state index contributed by atoms with van der Waals surface area (Å²) in [6.45, 7) is 1.00. The second-order valence-electron chi connectivity index (χ2n) is 3.02. The summed E-state index contributed by atoms with van der Waals surface area (Å²) in [7, 11) is 0. The number of ketones is 1. The van der Waals surface area contributed by atoms with Gasteiger partial charge in [0, 0.05) is 5.56 Å². The van der Waals surface area contributed by atoms with Gasteiger partial charge in [0.25, 0.3) is 0 Å². The molecule has 0 saturated heterocycles. The largest absolute Gasteiger partial charge is 0.486 e. The molecule has 80 valence electrons. The maximum absolute atomic E-state index is 11.5. The number of hydrogen-bond donors (Lipinski definition) is 0. The van der Waals surface area contributed by atoms with E-state index in [1.165, 1.54) is 0 Å². The van der Waals surface area contributed by atoms with Crippen molar-refractivity contribution in [2.24, 2.45) is 0 Å². The van der Waals surface area contributed by atoms with Crippen molar-refractivity contribution in [1.82, 2.24) is 0 Å². The Morgan fingerprint density at radius 3 is 2.53 bits per heavy atom. The molecule has 0 aliphatic carbocycles. The van der Waals surface area contributed by atoms with Crippen LogP contribution in [-0.4, -0.2) is 23.8 Å². The average molecular weight is 247 g/mol. The third-order valence-electron chi connectivity index (χ3n) is 2.02. The van der Waals surface area contributed by atoms with Crippen molar-refractivity contribution in [3.8, 4) is 11.5 Å². The monoisotopic (exact) mass is 246 g/mol. The van der Waals surface area contributed by atoms with Gasteiger partial charge in [-0.25, -0.2) is 0 Å². The third-order valence-corrected chi connectivity index (χ3v) is 2.42. The fourth-order valence-electron chi connectivity index (χ4n) is 1.32. The summed E-state index contributed by atoms with van der Waals surface area (Å²) in [6.07, 6.45) is 0. The highest BCUT2D eigenvalue weighted by molar-refractivity contribution is 6.55. The van der Waals surface area contributed by atoms with Crippen molar-refractivity contribution >= 4 is 29.0 Å². The van der Waals surface area contributed by atoms with Crippen molar-refractivity contribution in [3.05, 3.63) is 23.8 Å². The number of carbonyl (C=O) groups is 1. The molecule has 1 aromatic rings. The maximum Gasteiger partial charge on any atom is 0.195 e. The van der Waals surface area contributed by atoms with E-state index in [-0.39, 0.29) is 5.78 Å². The molecule has 0 bridgehead atoms. The minimum Gasteiger partial charge on any atom is -0.486 e. The van der Waals surface area contributed by atoms with Crippen LogP contribution in [0.2, 0.25) is 0 Å². The molecule has 0 spiro atoms. The van der Waals surface area contributed by atoms with Gasteiger partial charge in [0.1, 0.15) is 13.2 Å². The van der Waals surface area contributed by atoms with E-state index in [1.54, 1.807) is 18.2 Å². The molecule has 15 heavy (non-hydrogen) atoms. The van der Waals surface area contributed by atoms with E-state index in [2.05, 4.69) is 0 Å². The van der Waals surface area contributed by atoms with Crippen LogP contribution in [0, 0.1) is 0 Å². The number of hydrogen-bond acceptors (Lipinski definition) is 3. The molecule has 0 unspecified atom stereocenters. The molecule has 0 radical (unpaired) electrons. The van der Waals surface area contributed by atoms with Crippen LogP contribution in [0.25, 0.3) is 0 Å². The molecule has 3 nitrogen and oxygen atoms in total. The van der Waals surface area contributed by atoms with Gasteiger partial charge in [-0.15, -0.1) is 0 Å². The second-order valence-corrected chi connectivity index (χ2v) is 4.12. The van der Waals surface area contributed by atoms with Gasteiger partial charge in [-0.2, -0.15) is 0 Å². The normalized spacial score (nSPS) is 14.1. The van der Waals surface area contributed by atoms with Crippen LogP contribution in [0.1, 0.15) is 10.4 Å². The number of carbonyl (C=O) groups excluding carboxylic acids is 1. The molecule has 1 aliphatic heterocycles. The Hall–Kier alpha value is -0.930. The molecule has 1 aliphatic rings. The van der Waals surface area contributed by atoms with Crippen molar-refractivity contribution in [3.63, 3.8) is 0 Å². The fraction of sp³-hybridized carbons (Fsp3) is 0.300. The Bertz CT molecular complexity index is 390. The van der Waals surface area contributed by atoms with Crippen molar-refractivity contribution in [2.75, 3.05) is 13.2 Å². The smallest absolute Gasteiger partial charge is 0.195 e. The van der Waals surface area contributed by atoms with Gasteiger partial charge in [0.2, 0.25) is 0 Å². The van der Waals surface area contributed by atoms with Crippen LogP contribution in [-0.2, 0) is 0 Å². The predicted molar refractivity (Wildman–Crippen MR) is 57.3 cm³/mol. The lowest BCUT2D eigenvalue weighted by molar-refractivity contribution is 0.101. The van der Waals surface area contributed by atoms with Crippen molar-refractivity contribution in [1.29, 1.82) is 0 Å². The van der Waals surface area contributed by atoms with E-state index in [0.29, 0.717) is 30.3 Å². The molecule has 0 saturated carbocycles. The highest BCUT2D eigenvalue weighted by Gasteiger charge is 2.18. The molecule has 0 atom stereocenters. The summed E-state index contributed by atoms with van der Waals surface area (Å²) in [6, 6.07) is 4.89. The quantitative estimate of drug-likeness (QED) is 0.594.